The first-order valence-corrected chi connectivity index (χ1v) is 17.0. The molecule has 0 radical (unpaired) electrons. The monoisotopic (exact) mass is 633 g/mol. The zero-order chi connectivity index (χ0) is 32.0. The molecule has 2 heterocycles. The zero-order valence-electron chi connectivity index (χ0n) is 26.1. The number of hydrogen-bond acceptors (Lipinski definition) is 3. The molecule has 9 aromatic rings. The highest BCUT2D eigenvalue weighted by Gasteiger charge is 2.19. The summed E-state index contributed by atoms with van der Waals surface area (Å²) in [7, 11) is 0. The van der Waals surface area contributed by atoms with E-state index in [9.17, 15) is 0 Å². The Hall–Kier alpha value is -5.81. The third kappa shape index (κ3) is 4.82. The van der Waals surface area contributed by atoms with Crippen LogP contribution in [-0.2, 0) is 0 Å². The van der Waals surface area contributed by atoms with Crippen LogP contribution in [0, 0.1) is 0 Å². The van der Waals surface area contributed by atoms with Crippen molar-refractivity contribution in [2.45, 2.75) is 6.04 Å². The number of benzene rings is 7. The van der Waals surface area contributed by atoms with Crippen molar-refractivity contribution in [3.63, 3.8) is 0 Å². The Balaban J connectivity index is 1.21. The highest BCUT2D eigenvalue weighted by atomic mass is 32.1. The van der Waals surface area contributed by atoms with Crippen LogP contribution in [0.25, 0.3) is 58.8 Å². The topological polar surface area (TPSA) is 43.3 Å². The molecule has 1 unspecified atom stereocenters. The van der Waals surface area contributed by atoms with Gasteiger partial charge in [-0.2, -0.15) is 0 Å². The van der Waals surface area contributed by atoms with Crippen LogP contribution in [0.1, 0.15) is 22.7 Å². The van der Waals surface area contributed by atoms with Crippen molar-refractivity contribution in [2.24, 2.45) is 10.7 Å². The molecule has 0 aliphatic heterocycles. The van der Waals surface area contributed by atoms with Crippen LogP contribution >= 0.6 is 11.3 Å². The van der Waals surface area contributed by atoms with Gasteiger partial charge in [-0.1, -0.05) is 127 Å². The summed E-state index contributed by atoms with van der Waals surface area (Å²) in [6, 6.07) is 57.6. The van der Waals surface area contributed by atoms with E-state index in [0.717, 1.165) is 28.1 Å². The fraction of sp³-hybridized carbons (Fsp3) is 0.0227. The summed E-state index contributed by atoms with van der Waals surface area (Å²) >= 11 is 1.87. The fourth-order valence-electron chi connectivity index (χ4n) is 6.96. The summed E-state index contributed by atoms with van der Waals surface area (Å²) in [5, 5.41) is 5.09. The third-order valence-electron chi connectivity index (χ3n) is 9.29. The van der Waals surface area contributed by atoms with E-state index in [4.69, 9.17) is 10.7 Å². The minimum Gasteiger partial charge on any atom is -0.320 e. The Labute approximate surface area is 282 Å². The lowest BCUT2D eigenvalue weighted by Crippen LogP contribution is -2.11. The van der Waals surface area contributed by atoms with Gasteiger partial charge in [0.1, 0.15) is 0 Å². The van der Waals surface area contributed by atoms with Crippen molar-refractivity contribution in [3.05, 3.63) is 180 Å². The van der Waals surface area contributed by atoms with Crippen LogP contribution in [0.15, 0.2) is 169 Å². The van der Waals surface area contributed by atoms with Crippen molar-refractivity contribution in [3.8, 4) is 16.8 Å². The van der Waals surface area contributed by atoms with Crippen molar-refractivity contribution in [1.29, 1.82) is 0 Å². The standard InChI is InChI=1S/C44H31N3S/c45-42(31-15-5-2-6-16-31)37-19-7-9-20-39(37)46-28-29-12-11-17-33(26-29)47-40-25-22-32(30-13-3-1-4-14-30)27-38(40)35-23-24-36-34-18-8-10-21-41(34)48-44(36)43(35)47/h1-28,42H,45H2/b46-28+. The summed E-state index contributed by atoms with van der Waals surface area (Å²) in [5.41, 5.74) is 16.6. The van der Waals surface area contributed by atoms with Crippen LogP contribution in [0.2, 0.25) is 0 Å². The van der Waals surface area contributed by atoms with E-state index in [2.05, 4.69) is 132 Å². The molecule has 2 N–H and O–H groups in total. The number of fused-ring (bicyclic) bond motifs is 7. The second kappa shape index (κ2) is 11.8. The summed E-state index contributed by atoms with van der Waals surface area (Å²) in [5.74, 6) is 0. The number of rotatable bonds is 6. The van der Waals surface area contributed by atoms with Gasteiger partial charge in [0.15, 0.2) is 0 Å². The van der Waals surface area contributed by atoms with Gasteiger partial charge in [0.05, 0.1) is 27.5 Å². The first-order valence-electron chi connectivity index (χ1n) is 16.2. The van der Waals surface area contributed by atoms with Gasteiger partial charge < -0.3 is 10.3 Å². The van der Waals surface area contributed by atoms with E-state index in [-0.39, 0.29) is 6.04 Å². The lowest BCUT2D eigenvalue weighted by Gasteiger charge is -2.14. The summed E-state index contributed by atoms with van der Waals surface area (Å²) < 4.78 is 5.04. The Bertz CT molecular complexity index is 2630. The smallest absolute Gasteiger partial charge is 0.0719 e. The molecule has 228 valence electrons. The fourth-order valence-corrected chi connectivity index (χ4v) is 8.20. The number of hydrogen-bond donors (Lipinski definition) is 1. The molecule has 7 aromatic carbocycles. The molecule has 0 spiro atoms. The number of para-hydroxylation sites is 1. The second-order valence-electron chi connectivity index (χ2n) is 12.2. The minimum atomic E-state index is -0.256. The molecule has 48 heavy (non-hydrogen) atoms. The maximum atomic E-state index is 6.72. The number of aromatic nitrogens is 1. The SMILES string of the molecule is NC(c1ccccc1)c1ccccc1/N=C/c1cccc(-n2c3ccc(-c4ccccc4)cc3c3ccc4c5ccccc5sc4c32)c1. The van der Waals surface area contributed by atoms with Gasteiger partial charge in [-0.05, 0) is 64.2 Å². The number of nitrogens with two attached hydrogens (primary N) is 1. The Morgan fingerprint density at radius 3 is 2.21 bits per heavy atom. The molecular weight excluding hydrogens is 603 g/mol. The van der Waals surface area contributed by atoms with E-state index in [1.807, 2.05) is 53.9 Å². The van der Waals surface area contributed by atoms with Gasteiger partial charge in [0.25, 0.3) is 0 Å². The Morgan fingerprint density at radius 1 is 0.583 bits per heavy atom. The molecule has 0 aliphatic rings. The van der Waals surface area contributed by atoms with Crippen LogP contribution in [0.5, 0.6) is 0 Å². The number of thiophene rings is 1. The molecule has 0 fully saturated rings. The molecule has 0 saturated heterocycles. The molecule has 4 heteroatoms. The van der Waals surface area contributed by atoms with Crippen molar-refractivity contribution in [2.75, 3.05) is 0 Å². The van der Waals surface area contributed by atoms with Crippen LogP contribution in [-0.4, -0.2) is 10.8 Å². The summed E-state index contributed by atoms with van der Waals surface area (Å²) in [6.45, 7) is 0. The molecule has 0 saturated carbocycles. The molecular formula is C44H31N3S. The lowest BCUT2D eigenvalue weighted by atomic mass is 9.98. The van der Waals surface area contributed by atoms with E-state index in [1.54, 1.807) is 0 Å². The van der Waals surface area contributed by atoms with Gasteiger partial charge in [-0.25, -0.2) is 0 Å². The van der Waals surface area contributed by atoms with Gasteiger partial charge in [-0.15, -0.1) is 11.3 Å². The molecule has 0 aliphatic carbocycles. The highest BCUT2D eigenvalue weighted by molar-refractivity contribution is 7.26. The number of nitrogens with zero attached hydrogens (tertiary/aromatic N) is 2. The average Bonchev–Trinajstić information content (AvgIpc) is 3.70. The first kappa shape index (κ1) is 28.4. The normalized spacial score (nSPS) is 12.5. The van der Waals surface area contributed by atoms with Crippen LogP contribution in [0.3, 0.4) is 0 Å². The third-order valence-corrected chi connectivity index (χ3v) is 10.5. The van der Waals surface area contributed by atoms with Crippen molar-refractivity contribution in [1.82, 2.24) is 4.57 Å². The van der Waals surface area contributed by atoms with E-state index >= 15 is 0 Å². The van der Waals surface area contributed by atoms with E-state index in [0.29, 0.717) is 0 Å². The molecule has 0 bridgehead atoms. The molecule has 2 aromatic heterocycles. The lowest BCUT2D eigenvalue weighted by molar-refractivity contribution is 0.872. The molecule has 0 amide bonds. The maximum Gasteiger partial charge on any atom is 0.0719 e. The Morgan fingerprint density at radius 2 is 1.33 bits per heavy atom. The van der Waals surface area contributed by atoms with Crippen LogP contribution < -0.4 is 5.73 Å². The van der Waals surface area contributed by atoms with Crippen LogP contribution in [0.4, 0.5) is 5.69 Å². The molecule has 1 atom stereocenters. The van der Waals surface area contributed by atoms with Gasteiger partial charge in [-0.3, -0.25) is 4.99 Å². The maximum absolute atomic E-state index is 6.72. The zero-order valence-corrected chi connectivity index (χ0v) is 26.9. The van der Waals surface area contributed by atoms with Gasteiger partial charge >= 0.3 is 0 Å². The summed E-state index contributed by atoms with van der Waals surface area (Å²) in [4.78, 5) is 4.98. The highest BCUT2D eigenvalue weighted by Crippen LogP contribution is 2.43. The second-order valence-corrected chi connectivity index (χ2v) is 13.2. The molecule has 9 rings (SSSR count). The predicted molar refractivity (Wildman–Crippen MR) is 205 cm³/mol. The van der Waals surface area contributed by atoms with E-state index < -0.39 is 0 Å². The van der Waals surface area contributed by atoms with Crippen molar-refractivity contribution >= 4 is 65.2 Å². The number of aliphatic imine (C=N–C) groups is 1. The summed E-state index contributed by atoms with van der Waals surface area (Å²) in [6.07, 6.45) is 1.95. The van der Waals surface area contributed by atoms with E-state index in [1.165, 1.54) is 53.1 Å². The van der Waals surface area contributed by atoms with Crippen molar-refractivity contribution < 1.29 is 0 Å². The Kier molecular flexibility index (Phi) is 6.97. The first-order chi connectivity index (χ1) is 23.7. The van der Waals surface area contributed by atoms with Gasteiger partial charge in [0.2, 0.25) is 0 Å². The average molecular weight is 634 g/mol. The minimum absolute atomic E-state index is 0.256. The predicted octanol–water partition coefficient (Wildman–Crippen LogP) is 11.6. The largest absolute Gasteiger partial charge is 0.320 e. The molecule has 3 nitrogen and oxygen atoms in total. The quantitative estimate of drug-likeness (QED) is 0.182. The van der Waals surface area contributed by atoms with Gasteiger partial charge in [0, 0.05) is 38.1 Å².